The van der Waals surface area contributed by atoms with Crippen LogP contribution in [-0.4, -0.2) is 25.0 Å². The molecule has 1 aromatic carbocycles. The molecule has 0 unspecified atom stereocenters. The van der Waals surface area contributed by atoms with Crippen molar-refractivity contribution in [2.24, 2.45) is 0 Å². The standard InChI is InChI=1S/C22H17N3O4S/c1-3-28-22(27)21-14(2)17(13-25)20(30-21)11-18(26)16(12-24)10-15-6-4-5-7-19(15)29-9-8-23/h4-7,10H,3,9,11H2,1-2H3/b16-10+. The molecule has 0 radical (unpaired) electrons. The molecule has 0 saturated heterocycles. The predicted molar refractivity (Wildman–Crippen MR) is 110 cm³/mol. The van der Waals surface area contributed by atoms with Crippen molar-refractivity contribution in [3.63, 3.8) is 0 Å². The van der Waals surface area contributed by atoms with Gasteiger partial charge in [0.1, 0.15) is 28.8 Å². The minimum Gasteiger partial charge on any atom is -0.478 e. The van der Waals surface area contributed by atoms with Gasteiger partial charge in [-0.15, -0.1) is 11.3 Å². The molecule has 0 aliphatic rings. The van der Waals surface area contributed by atoms with Gasteiger partial charge in [0.2, 0.25) is 0 Å². The number of carbonyl (C=O) groups excluding carboxylic acids is 2. The molecule has 0 aliphatic carbocycles. The van der Waals surface area contributed by atoms with Crippen molar-refractivity contribution in [1.29, 1.82) is 15.8 Å². The summed E-state index contributed by atoms with van der Waals surface area (Å²) >= 11 is 1.02. The fourth-order valence-corrected chi connectivity index (χ4v) is 3.80. The van der Waals surface area contributed by atoms with Crippen LogP contribution in [-0.2, 0) is 16.0 Å². The number of thiophene rings is 1. The molecule has 2 rings (SSSR count). The van der Waals surface area contributed by atoms with Crippen LogP contribution in [0.2, 0.25) is 0 Å². The number of hydrogen-bond donors (Lipinski definition) is 0. The van der Waals surface area contributed by atoms with E-state index in [0.717, 1.165) is 11.3 Å². The van der Waals surface area contributed by atoms with Crippen LogP contribution in [0, 0.1) is 40.9 Å². The number of nitriles is 3. The molecule has 0 amide bonds. The SMILES string of the molecule is CCOC(=O)c1sc(CC(=O)/C(C#N)=C/c2ccccc2OCC#N)c(C#N)c1C. The molecule has 0 saturated carbocycles. The highest BCUT2D eigenvalue weighted by Gasteiger charge is 2.23. The van der Waals surface area contributed by atoms with E-state index >= 15 is 0 Å². The summed E-state index contributed by atoms with van der Waals surface area (Å²) < 4.78 is 10.3. The van der Waals surface area contributed by atoms with Crippen molar-refractivity contribution in [2.45, 2.75) is 20.3 Å². The molecule has 1 aromatic heterocycles. The van der Waals surface area contributed by atoms with Crippen molar-refractivity contribution in [2.75, 3.05) is 13.2 Å². The van der Waals surface area contributed by atoms with E-state index in [2.05, 4.69) is 0 Å². The third-order valence-electron chi connectivity index (χ3n) is 4.05. The summed E-state index contributed by atoms with van der Waals surface area (Å²) in [6, 6.07) is 12.5. The Balaban J connectivity index is 2.35. The normalized spacial score (nSPS) is 10.4. The maximum atomic E-state index is 12.8. The van der Waals surface area contributed by atoms with Gasteiger partial charge in [0, 0.05) is 16.9 Å². The third-order valence-corrected chi connectivity index (χ3v) is 5.32. The predicted octanol–water partition coefficient (Wildman–Crippen LogP) is 3.73. The van der Waals surface area contributed by atoms with Gasteiger partial charge in [-0.25, -0.2) is 4.79 Å². The fourth-order valence-electron chi connectivity index (χ4n) is 2.65. The van der Waals surface area contributed by atoms with Crippen molar-refractivity contribution in [3.05, 3.63) is 56.3 Å². The smallest absolute Gasteiger partial charge is 0.348 e. The zero-order valence-electron chi connectivity index (χ0n) is 16.4. The summed E-state index contributed by atoms with van der Waals surface area (Å²) in [4.78, 5) is 25.5. The number of hydrogen-bond acceptors (Lipinski definition) is 8. The van der Waals surface area contributed by atoms with Crippen LogP contribution in [0.4, 0.5) is 0 Å². The minimum atomic E-state index is -0.546. The number of Topliss-reactive ketones (excluding diaryl/α,β-unsaturated/α-hetero) is 1. The zero-order valence-corrected chi connectivity index (χ0v) is 17.2. The molecule has 7 nitrogen and oxygen atoms in total. The Morgan fingerprint density at radius 3 is 2.57 bits per heavy atom. The lowest BCUT2D eigenvalue weighted by Crippen LogP contribution is -2.05. The first-order valence-electron chi connectivity index (χ1n) is 8.90. The highest BCUT2D eigenvalue weighted by atomic mass is 32.1. The molecule has 0 fully saturated rings. The van der Waals surface area contributed by atoms with Crippen LogP contribution in [0.1, 0.15) is 38.2 Å². The van der Waals surface area contributed by atoms with Crippen LogP contribution < -0.4 is 4.74 Å². The molecule has 0 atom stereocenters. The third kappa shape index (κ3) is 5.11. The summed E-state index contributed by atoms with van der Waals surface area (Å²) in [5, 5.41) is 27.6. The summed E-state index contributed by atoms with van der Waals surface area (Å²) in [6.45, 7) is 3.33. The van der Waals surface area contributed by atoms with Crippen LogP contribution in [0.15, 0.2) is 29.8 Å². The number of allylic oxidation sites excluding steroid dienone is 1. The average Bonchev–Trinajstić information content (AvgIpc) is 3.06. The second-order valence-electron chi connectivity index (χ2n) is 5.94. The molecule has 1 heterocycles. The topological polar surface area (TPSA) is 124 Å². The summed E-state index contributed by atoms with van der Waals surface area (Å²) in [5.41, 5.74) is 1.05. The molecule has 0 bridgehead atoms. The van der Waals surface area contributed by atoms with E-state index in [1.54, 1.807) is 38.1 Å². The van der Waals surface area contributed by atoms with Crippen LogP contribution >= 0.6 is 11.3 Å². The Bertz CT molecular complexity index is 1130. The highest BCUT2D eigenvalue weighted by Crippen LogP contribution is 2.30. The van der Waals surface area contributed by atoms with Crippen LogP contribution in [0.25, 0.3) is 6.08 Å². The first-order chi connectivity index (χ1) is 14.5. The van der Waals surface area contributed by atoms with Crippen molar-refractivity contribution in [1.82, 2.24) is 0 Å². The van der Waals surface area contributed by atoms with Gasteiger partial charge >= 0.3 is 5.97 Å². The molecular formula is C22H17N3O4S. The molecule has 8 heteroatoms. The Labute approximate surface area is 178 Å². The van der Waals surface area contributed by atoms with Gasteiger partial charge < -0.3 is 9.47 Å². The molecule has 30 heavy (non-hydrogen) atoms. The molecule has 0 aliphatic heterocycles. The number of nitrogens with zero attached hydrogens (tertiary/aromatic N) is 3. The number of benzene rings is 1. The van der Waals surface area contributed by atoms with E-state index in [4.69, 9.17) is 14.7 Å². The Morgan fingerprint density at radius 2 is 1.93 bits per heavy atom. The zero-order chi connectivity index (χ0) is 22.1. The summed E-state index contributed by atoms with van der Waals surface area (Å²) in [6.07, 6.45) is 1.18. The number of ether oxygens (including phenoxy) is 2. The van der Waals surface area contributed by atoms with Gasteiger partial charge in [-0.1, -0.05) is 18.2 Å². The van der Waals surface area contributed by atoms with Gasteiger partial charge in [-0.3, -0.25) is 4.79 Å². The molecule has 0 spiro atoms. The monoisotopic (exact) mass is 419 g/mol. The molecular weight excluding hydrogens is 402 g/mol. The van der Waals surface area contributed by atoms with Crippen LogP contribution in [0.5, 0.6) is 5.75 Å². The lowest BCUT2D eigenvalue weighted by Gasteiger charge is -2.06. The maximum absolute atomic E-state index is 12.8. The lowest BCUT2D eigenvalue weighted by atomic mass is 10.0. The van der Waals surface area contributed by atoms with Crippen molar-refractivity contribution >= 4 is 29.2 Å². The van der Waals surface area contributed by atoms with Gasteiger partial charge in [0.25, 0.3) is 0 Å². The number of rotatable bonds is 8. The van der Waals surface area contributed by atoms with E-state index in [-0.39, 0.29) is 35.6 Å². The maximum Gasteiger partial charge on any atom is 0.348 e. The quantitative estimate of drug-likeness (QED) is 0.363. The molecule has 2 aromatic rings. The largest absolute Gasteiger partial charge is 0.478 e. The first kappa shape index (κ1) is 22.4. The van der Waals surface area contributed by atoms with Gasteiger partial charge in [0.15, 0.2) is 12.4 Å². The Kier molecular flexibility index (Phi) is 7.88. The van der Waals surface area contributed by atoms with Crippen molar-refractivity contribution < 1.29 is 19.1 Å². The van der Waals surface area contributed by atoms with Gasteiger partial charge in [0.05, 0.1) is 17.7 Å². The molecule has 150 valence electrons. The average molecular weight is 419 g/mol. The highest BCUT2D eigenvalue weighted by molar-refractivity contribution is 7.14. The first-order valence-corrected chi connectivity index (χ1v) is 9.71. The number of carbonyl (C=O) groups is 2. The van der Waals surface area contributed by atoms with E-state index in [1.807, 2.05) is 18.2 Å². The Morgan fingerprint density at radius 1 is 1.20 bits per heavy atom. The van der Waals surface area contributed by atoms with E-state index in [9.17, 15) is 20.1 Å². The number of esters is 1. The number of ketones is 1. The van der Waals surface area contributed by atoms with Crippen LogP contribution in [0.3, 0.4) is 0 Å². The van der Waals surface area contributed by atoms with E-state index < -0.39 is 11.8 Å². The minimum absolute atomic E-state index is 0.129. The van der Waals surface area contributed by atoms with E-state index in [1.165, 1.54) is 6.08 Å². The van der Waals surface area contributed by atoms with Crippen molar-refractivity contribution in [3.8, 4) is 24.0 Å². The summed E-state index contributed by atoms with van der Waals surface area (Å²) in [7, 11) is 0. The second kappa shape index (κ2) is 10.6. The second-order valence-corrected chi connectivity index (χ2v) is 7.05. The lowest BCUT2D eigenvalue weighted by molar-refractivity contribution is -0.114. The number of para-hydroxylation sites is 1. The molecule has 0 N–H and O–H groups in total. The fraction of sp³-hybridized carbons (Fsp3) is 0.227. The van der Waals surface area contributed by atoms with Gasteiger partial charge in [-0.05, 0) is 31.6 Å². The Hall–Kier alpha value is -3.93. The van der Waals surface area contributed by atoms with E-state index in [0.29, 0.717) is 21.8 Å². The summed E-state index contributed by atoms with van der Waals surface area (Å²) in [5.74, 6) is -0.676. The van der Waals surface area contributed by atoms with Gasteiger partial charge in [-0.2, -0.15) is 15.8 Å².